The summed E-state index contributed by atoms with van der Waals surface area (Å²) in [6, 6.07) is 12.1. The van der Waals surface area contributed by atoms with Crippen molar-refractivity contribution in [1.29, 1.82) is 0 Å². The van der Waals surface area contributed by atoms with Gasteiger partial charge in [-0.2, -0.15) is 0 Å². The van der Waals surface area contributed by atoms with Crippen LogP contribution in [0.1, 0.15) is 42.1 Å². The number of halogens is 1. The minimum Gasteiger partial charge on any atom is -0.308 e. The molecule has 0 amide bonds. The normalized spacial score (nSPS) is 18.2. The Morgan fingerprint density at radius 1 is 1.30 bits per heavy atom. The Kier molecular flexibility index (Phi) is 3.79. The Labute approximate surface area is 119 Å². The molecule has 1 N–H and O–H groups in total. The second kappa shape index (κ2) is 5.71. The van der Waals surface area contributed by atoms with Crippen LogP contribution < -0.4 is 5.32 Å². The van der Waals surface area contributed by atoms with Gasteiger partial charge in [0.2, 0.25) is 0 Å². The molecule has 2 nitrogen and oxygen atoms in total. The Morgan fingerprint density at radius 3 is 2.85 bits per heavy atom. The summed E-state index contributed by atoms with van der Waals surface area (Å²) in [5, 5.41) is 3.56. The van der Waals surface area contributed by atoms with Gasteiger partial charge < -0.3 is 5.32 Å². The van der Waals surface area contributed by atoms with Crippen LogP contribution in [0.15, 0.2) is 42.6 Å². The van der Waals surface area contributed by atoms with E-state index in [1.807, 2.05) is 0 Å². The van der Waals surface area contributed by atoms with Crippen molar-refractivity contribution in [2.24, 2.45) is 0 Å². The van der Waals surface area contributed by atoms with E-state index in [4.69, 9.17) is 0 Å². The highest BCUT2D eigenvalue weighted by atomic mass is 19.1. The number of hydrogen-bond acceptors (Lipinski definition) is 2. The van der Waals surface area contributed by atoms with Gasteiger partial charge in [-0.1, -0.05) is 31.2 Å². The van der Waals surface area contributed by atoms with Crippen LogP contribution in [-0.4, -0.2) is 11.5 Å². The zero-order valence-corrected chi connectivity index (χ0v) is 11.6. The molecular formula is C17H19FN2. The zero-order valence-electron chi connectivity index (χ0n) is 11.6. The number of benzene rings is 1. The molecule has 1 aliphatic carbocycles. The summed E-state index contributed by atoms with van der Waals surface area (Å²) in [7, 11) is 0. The minimum atomic E-state index is -0.281. The largest absolute Gasteiger partial charge is 0.308 e. The molecule has 0 aliphatic heterocycles. The summed E-state index contributed by atoms with van der Waals surface area (Å²) < 4.78 is 12.9. The van der Waals surface area contributed by atoms with Crippen molar-refractivity contribution >= 4 is 0 Å². The molecule has 2 unspecified atom stereocenters. The SMILES string of the molecule is CCC(NCC1Cc2ccccc21)c1ccc(F)cn1. The summed E-state index contributed by atoms with van der Waals surface area (Å²) >= 11 is 0. The van der Waals surface area contributed by atoms with Crippen molar-refractivity contribution in [3.05, 3.63) is 65.2 Å². The summed E-state index contributed by atoms with van der Waals surface area (Å²) in [6.07, 6.45) is 3.39. The molecule has 1 aliphatic rings. The highest BCUT2D eigenvalue weighted by Gasteiger charge is 2.25. The van der Waals surface area contributed by atoms with Gasteiger partial charge >= 0.3 is 0 Å². The predicted octanol–water partition coefficient (Wildman–Crippen LogP) is 3.60. The maximum atomic E-state index is 12.9. The van der Waals surface area contributed by atoms with Gasteiger partial charge in [-0.15, -0.1) is 0 Å². The molecule has 0 saturated carbocycles. The number of fused-ring (bicyclic) bond motifs is 1. The van der Waals surface area contributed by atoms with Crippen molar-refractivity contribution in [2.75, 3.05) is 6.54 Å². The van der Waals surface area contributed by atoms with E-state index in [9.17, 15) is 4.39 Å². The van der Waals surface area contributed by atoms with Gasteiger partial charge in [0.05, 0.1) is 11.9 Å². The fourth-order valence-electron chi connectivity index (χ4n) is 2.88. The lowest BCUT2D eigenvalue weighted by atomic mass is 9.77. The lowest BCUT2D eigenvalue weighted by Crippen LogP contribution is -2.31. The number of hydrogen-bond donors (Lipinski definition) is 1. The molecule has 0 bridgehead atoms. The lowest BCUT2D eigenvalue weighted by molar-refractivity contribution is 0.453. The van der Waals surface area contributed by atoms with Crippen molar-refractivity contribution in [1.82, 2.24) is 10.3 Å². The smallest absolute Gasteiger partial charge is 0.141 e. The Balaban J connectivity index is 1.61. The third-order valence-corrected chi connectivity index (χ3v) is 4.09. The topological polar surface area (TPSA) is 24.9 Å². The van der Waals surface area contributed by atoms with Gasteiger partial charge in [0, 0.05) is 18.5 Å². The highest BCUT2D eigenvalue weighted by molar-refractivity contribution is 5.40. The summed E-state index contributed by atoms with van der Waals surface area (Å²) in [5.74, 6) is 0.317. The lowest BCUT2D eigenvalue weighted by Gasteiger charge is -2.31. The first kappa shape index (κ1) is 13.3. The minimum absolute atomic E-state index is 0.198. The first-order chi connectivity index (χ1) is 9.78. The van der Waals surface area contributed by atoms with Gasteiger partial charge in [0.25, 0.3) is 0 Å². The third-order valence-electron chi connectivity index (χ3n) is 4.09. The Morgan fingerprint density at radius 2 is 2.15 bits per heavy atom. The molecule has 1 aromatic carbocycles. The maximum absolute atomic E-state index is 12.9. The van der Waals surface area contributed by atoms with E-state index in [1.165, 1.54) is 23.4 Å². The van der Waals surface area contributed by atoms with Crippen molar-refractivity contribution < 1.29 is 4.39 Å². The summed E-state index contributed by atoms with van der Waals surface area (Å²) in [4.78, 5) is 4.18. The van der Waals surface area contributed by atoms with E-state index in [0.29, 0.717) is 5.92 Å². The van der Waals surface area contributed by atoms with Crippen molar-refractivity contribution in [3.63, 3.8) is 0 Å². The van der Waals surface area contributed by atoms with Crippen LogP contribution in [0.4, 0.5) is 4.39 Å². The number of rotatable bonds is 5. The van der Waals surface area contributed by atoms with Crippen LogP contribution in [0.2, 0.25) is 0 Å². The second-order valence-electron chi connectivity index (χ2n) is 5.37. The van der Waals surface area contributed by atoms with Gasteiger partial charge in [0.15, 0.2) is 0 Å². The highest BCUT2D eigenvalue weighted by Crippen LogP contribution is 2.34. The fourth-order valence-corrected chi connectivity index (χ4v) is 2.88. The number of aromatic nitrogens is 1. The predicted molar refractivity (Wildman–Crippen MR) is 78.1 cm³/mol. The molecule has 0 saturated heterocycles. The van der Waals surface area contributed by atoms with E-state index >= 15 is 0 Å². The standard InChI is InChI=1S/C17H19FN2/c1-2-16(17-8-7-14(18)11-20-17)19-10-13-9-12-5-3-4-6-15(12)13/h3-8,11,13,16,19H,2,9-10H2,1H3. The average molecular weight is 270 g/mol. The zero-order chi connectivity index (χ0) is 13.9. The molecular weight excluding hydrogens is 251 g/mol. The molecule has 1 aromatic heterocycles. The molecule has 2 aromatic rings. The third kappa shape index (κ3) is 2.59. The van der Waals surface area contributed by atoms with Gasteiger partial charge in [-0.05, 0) is 36.1 Å². The van der Waals surface area contributed by atoms with Gasteiger partial charge in [-0.25, -0.2) is 4.39 Å². The second-order valence-corrected chi connectivity index (χ2v) is 5.37. The molecule has 0 spiro atoms. The molecule has 3 rings (SSSR count). The maximum Gasteiger partial charge on any atom is 0.141 e. The molecule has 0 fully saturated rings. The molecule has 20 heavy (non-hydrogen) atoms. The Hall–Kier alpha value is -1.74. The van der Waals surface area contributed by atoms with Crippen LogP contribution in [-0.2, 0) is 6.42 Å². The molecule has 0 radical (unpaired) electrons. The monoisotopic (exact) mass is 270 g/mol. The van der Waals surface area contributed by atoms with Crippen LogP contribution in [0.25, 0.3) is 0 Å². The van der Waals surface area contributed by atoms with Crippen molar-refractivity contribution in [3.8, 4) is 0 Å². The van der Waals surface area contributed by atoms with E-state index < -0.39 is 0 Å². The van der Waals surface area contributed by atoms with Gasteiger partial charge in [-0.3, -0.25) is 4.98 Å². The number of pyridine rings is 1. The van der Waals surface area contributed by atoms with E-state index in [2.05, 4.69) is 41.5 Å². The Bertz CT molecular complexity index is 580. The molecule has 2 atom stereocenters. The molecule has 3 heteroatoms. The van der Waals surface area contributed by atoms with Gasteiger partial charge in [0.1, 0.15) is 5.82 Å². The number of nitrogens with zero attached hydrogens (tertiary/aromatic N) is 1. The van der Waals surface area contributed by atoms with Crippen LogP contribution >= 0.6 is 0 Å². The van der Waals surface area contributed by atoms with E-state index in [1.54, 1.807) is 6.07 Å². The quantitative estimate of drug-likeness (QED) is 0.898. The summed E-state index contributed by atoms with van der Waals surface area (Å²) in [6.45, 7) is 3.08. The fraction of sp³-hybridized carbons (Fsp3) is 0.353. The van der Waals surface area contributed by atoms with Crippen LogP contribution in [0.5, 0.6) is 0 Å². The summed E-state index contributed by atoms with van der Waals surface area (Å²) in [5.41, 5.74) is 3.84. The van der Waals surface area contributed by atoms with Crippen LogP contribution in [0.3, 0.4) is 0 Å². The first-order valence-corrected chi connectivity index (χ1v) is 7.20. The molecule has 104 valence electrons. The van der Waals surface area contributed by atoms with Crippen molar-refractivity contribution in [2.45, 2.75) is 31.7 Å². The first-order valence-electron chi connectivity index (χ1n) is 7.20. The van der Waals surface area contributed by atoms with E-state index in [0.717, 1.165) is 25.1 Å². The number of nitrogens with one attached hydrogen (secondary N) is 1. The average Bonchev–Trinajstić information content (AvgIpc) is 2.45. The van der Waals surface area contributed by atoms with E-state index in [-0.39, 0.29) is 11.9 Å². The van der Waals surface area contributed by atoms with Crippen LogP contribution in [0, 0.1) is 5.82 Å². The molecule has 1 heterocycles.